The maximum Gasteiger partial charge on any atom is 0.311 e. The van der Waals surface area contributed by atoms with Crippen LogP contribution in [0.3, 0.4) is 0 Å². The topological polar surface area (TPSA) is 109 Å². The molecule has 132 valence electrons. The van der Waals surface area contributed by atoms with Crippen molar-refractivity contribution < 1.29 is 26.7 Å². The van der Waals surface area contributed by atoms with E-state index < -0.39 is 31.2 Å². The fourth-order valence-corrected chi connectivity index (χ4v) is 6.13. The van der Waals surface area contributed by atoms with E-state index in [4.69, 9.17) is 0 Å². The molecule has 2 aliphatic rings. The molecule has 1 aromatic carbocycles. The fraction of sp³-hybridized carbons (Fsp3) is 0.533. The molecule has 1 aliphatic heterocycles. The summed E-state index contributed by atoms with van der Waals surface area (Å²) in [5.74, 6) is -1.14. The minimum absolute atomic E-state index is 0.0571. The first kappa shape index (κ1) is 17.4. The second kappa shape index (κ2) is 5.53. The summed E-state index contributed by atoms with van der Waals surface area (Å²) in [6.45, 7) is 0.107. The van der Waals surface area contributed by atoms with Gasteiger partial charge in [-0.15, -0.1) is 0 Å². The SMILES string of the molecule is CS(=O)(=O)c1cccc(S(=O)(=O)N2C[C@@H]3CCC[C@@]3(C(=O)O)C2)c1. The van der Waals surface area contributed by atoms with Gasteiger partial charge in [0, 0.05) is 19.3 Å². The highest BCUT2D eigenvalue weighted by molar-refractivity contribution is 7.91. The highest BCUT2D eigenvalue weighted by atomic mass is 32.2. The Bertz CT molecular complexity index is 892. The highest BCUT2D eigenvalue weighted by Crippen LogP contribution is 2.50. The van der Waals surface area contributed by atoms with E-state index in [1.807, 2.05) is 0 Å². The number of carboxylic acid groups (broad SMARTS) is 1. The molecule has 0 amide bonds. The molecule has 1 N–H and O–H groups in total. The molecule has 9 heteroatoms. The third-order valence-corrected chi connectivity index (χ3v) is 8.05. The number of hydrogen-bond acceptors (Lipinski definition) is 5. The Labute approximate surface area is 141 Å². The predicted molar refractivity (Wildman–Crippen MR) is 85.7 cm³/mol. The van der Waals surface area contributed by atoms with Crippen molar-refractivity contribution in [1.82, 2.24) is 4.31 Å². The summed E-state index contributed by atoms with van der Waals surface area (Å²) in [7, 11) is -7.46. The maximum absolute atomic E-state index is 12.8. The minimum Gasteiger partial charge on any atom is -0.481 e. The van der Waals surface area contributed by atoms with Crippen LogP contribution in [0.4, 0.5) is 0 Å². The normalized spacial score (nSPS) is 28.0. The first-order valence-electron chi connectivity index (χ1n) is 7.61. The molecule has 0 bridgehead atoms. The molecule has 1 aliphatic carbocycles. The predicted octanol–water partition coefficient (Wildman–Crippen LogP) is 0.966. The molecule has 1 saturated heterocycles. The number of aliphatic carboxylic acids is 1. The number of rotatable bonds is 4. The van der Waals surface area contributed by atoms with Gasteiger partial charge in [-0.25, -0.2) is 16.8 Å². The lowest BCUT2D eigenvalue weighted by atomic mass is 9.81. The molecule has 0 unspecified atom stereocenters. The quantitative estimate of drug-likeness (QED) is 0.842. The molecule has 0 spiro atoms. The summed E-state index contributed by atoms with van der Waals surface area (Å²) in [4.78, 5) is 11.5. The van der Waals surface area contributed by atoms with Gasteiger partial charge in [0.05, 0.1) is 15.2 Å². The van der Waals surface area contributed by atoms with Crippen LogP contribution in [0.1, 0.15) is 19.3 Å². The molecular formula is C15H19NO6S2. The van der Waals surface area contributed by atoms with E-state index in [9.17, 15) is 26.7 Å². The number of benzene rings is 1. The van der Waals surface area contributed by atoms with E-state index in [-0.39, 0.29) is 28.8 Å². The van der Waals surface area contributed by atoms with Crippen molar-refractivity contribution in [2.45, 2.75) is 29.1 Å². The Morgan fingerprint density at radius 1 is 1.25 bits per heavy atom. The van der Waals surface area contributed by atoms with Crippen LogP contribution in [0.5, 0.6) is 0 Å². The van der Waals surface area contributed by atoms with E-state index in [1.54, 1.807) is 0 Å². The van der Waals surface area contributed by atoms with E-state index in [1.165, 1.54) is 22.5 Å². The van der Waals surface area contributed by atoms with Crippen molar-refractivity contribution in [2.75, 3.05) is 19.3 Å². The molecule has 1 heterocycles. The molecule has 1 saturated carbocycles. The molecule has 2 atom stereocenters. The summed E-state index contributed by atoms with van der Waals surface area (Å²) >= 11 is 0. The first-order valence-corrected chi connectivity index (χ1v) is 10.9. The third-order valence-electron chi connectivity index (χ3n) is 5.14. The van der Waals surface area contributed by atoms with Crippen molar-refractivity contribution in [3.63, 3.8) is 0 Å². The van der Waals surface area contributed by atoms with Gasteiger partial charge in [0.25, 0.3) is 0 Å². The van der Waals surface area contributed by atoms with Gasteiger partial charge in [-0.1, -0.05) is 12.5 Å². The van der Waals surface area contributed by atoms with Crippen molar-refractivity contribution >= 4 is 25.8 Å². The largest absolute Gasteiger partial charge is 0.481 e. The fourth-order valence-electron chi connectivity index (χ4n) is 3.79. The number of hydrogen-bond donors (Lipinski definition) is 1. The third kappa shape index (κ3) is 2.64. The lowest BCUT2D eigenvalue weighted by Gasteiger charge is -2.23. The van der Waals surface area contributed by atoms with Crippen molar-refractivity contribution in [3.8, 4) is 0 Å². The van der Waals surface area contributed by atoms with Crippen LogP contribution in [-0.2, 0) is 24.7 Å². The summed E-state index contributed by atoms with van der Waals surface area (Å²) < 4.78 is 50.2. The summed E-state index contributed by atoms with van der Waals surface area (Å²) in [6.07, 6.45) is 2.97. The van der Waals surface area contributed by atoms with E-state index in [2.05, 4.69) is 0 Å². The number of carboxylic acids is 1. The van der Waals surface area contributed by atoms with Gasteiger partial charge in [-0.05, 0) is 37.0 Å². The lowest BCUT2D eigenvalue weighted by Crippen LogP contribution is -2.37. The molecule has 3 rings (SSSR count). The van der Waals surface area contributed by atoms with Crippen molar-refractivity contribution in [2.24, 2.45) is 11.3 Å². The van der Waals surface area contributed by atoms with Gasteiger partial charge >= 0.3 is 5.97 Å². The molecule has 2 fully saturated rings. The summed E-state index contributed by atoms with van der Waals surface area (Å²) in [5.41, 5.74) is -1.01. The van der Waals surface area contributed by atoms with E-state index >= 15 is 0 Å². The smallest absolute Gasteiger partial charge is 0.311 e. The lowest BCUT2D eigenvalue weighted by molar-refractivity contribution is -0.149. The van der Waals surface area contributed by atoms with Gasteiger partial charge in [0.15, 0.2) is 9.84 Å². The Morgan fingerprint density at radius 3 is 2.50 bits per heavy atom. The Hall–Kier alpha value is -1.45. The Kier molecular flexibility index (Phi) is 4.01. The van der Waals surface area contributed by atoms with Crippen LogP contribution >= 0.6 is 0 Å². The second-order valence-electron chi connectivity index (χ2n) is 6.60. The standard InChI is InChI=1S/C15H19NO6S2/c1-23(19,20)12-5-2-6-13(8-12)24(21,22)16-9-11-4-3-7-15(11,10-16)14(17)18/h2,5-6,8,11H,3-4,7,9-10H2,1H3,(H,17,18)/t11-,15+/m0/s1. The molecule has 24 heavy (non-hydrogen) atoms. The summed E-state index contributed by atoms with van der Waals surface area (Å²) in [6, 6.07) is 5.19. The molecule has 0 aromatic heterocycles. The Balaban J connectivity index is 1.97. The van der Waals surface area contributed by atoms with Crippen LogP contribution in [0.2, 0.25) is 0 Å². The number of sulfone groups is 1. The molecule has 0 radical (unpaired) electrons. The van der Waals surface area contributed by atoms with Gasteiger partial charge in [-0.2, -0.15) is 4.31 Å². The average Bonchev–Trinajstić information content (AvgIpc) is 3.04. The monoisotopic (exact) mass is 373 g/mol. The van der Waals surface area contributed by atoms with Crippen LogP contribution in [0.25, 0.3) is 0 Å². The summed E-state index contributed by atoms with van der Waals surface area (Å²) in [5, 5.41) is 9.58. The van der Waals surface area contributed by atoms with Crippen molar-refractivity contribution in [1.29, 1.82) is 0 Å². The molecule has 7 nitrogen and oxygen atoms in total. The number of carbonyl (C=O) groups is 1. The molecular weight excluding hydrogens is 354 g/mol. The van der Waals surface area contributed by atoms with Crippen molar-refractivity contribution in [3.05, 3.63) is 24.3 Å². The zero-order valence-corrected chi connectivity index (χ0v) is 14.8. The van der Waals surface area contributed by atoms with Crippen LogP contribution in [0, 0.1) is 11.3 Å². The van der Waals surface area contributed by atoms with E-state index in [0.29, 0.717) is 12.8 Å². The van der Waals surface area contributed by atoms with Gasteiger partial charge in [0.2, 0.25) is 10.0 Å². The Morgan fingerprint density at radius 2 is 1.92 bits per heavy atom. The van der Waals surface area contributed by atoms with Gasteiger partial charge in [-0.3, -0.25) is 4.79 Å². The van der Waals surface area contributed by atoms with E-state index in [0.717, 1.165) is 18.7 Å². The number of fused-ring (bicyclic) bond motifs is 1. The number of nitrogens with zero attached hydrogens (tertiary/aromatic N) is 1. The highest BCUT2D eigenvalue weighted by Gasteiger charge is 2.57. The van der Waals surface area contributed by atoms with Gasteiger partial charge in [0.1, 0.15) is 0 Å². The molecule has 1 aromatic rings. The van der Waals surface area contributed by atoms with Crippen LogP contribution < -0.4 is 0 Å². The zero-order valence-electron chi connectivity index (χ0n) is 13.2. The average molecular weight is 373 g/mol. The second-order valence-corrected chi connectivity index (χ2v) is 10.5. The maximum atomic E-state index is 12.8. The van der Waals surface area contributed by atoms with Gasteiger partial charge < -0.3 is 5.11 Å². The number of sulfonamides is 1. The first-order chi connectivity index (χ1) is 11.1. The van der Waals surface area contributed by atoms with Crippen LogP contribution in [-0.4, -0.2) is 51.6 Å². The minimum atomic E-state index is -3.93. The van der Waals surface area contributed by atoms with Crippen LogP contribution in [0.15, 0.2) is 34.1 Å². The zero-order chi connectivity index (χ0) is 17.8.